The van der Waals surface area contributed by atoms with E-state index in [1.165, 1.54) is 5.56 Å². The van der Waals surface area contributed by atoms with Crippen LogP contribution in [0, 0.1) is 0 Å². The number of hydrogen-bond acceptors (Lipinski definition) is 3. The number of hydrogen-bond donors (Lipinski definition) is 1. The fourth-order valence-electron chi connectivity index (χ4n) is 2.57. The molecule has 1 amide bonds. The summed E-state index contributed by atoms with van der Waals surface area (Å²) in [4.78, 5) is 12.5. The number of amides is 1. The number of benzene rings is 2. The topological polar surface area (TPSA) is 47.6 Å². The van der Waals surface area contributed by atoms with Crippen LogP contribution in [0.3, 0.4) is 0 Å². The molecule has 23 heavy (non-hydrogen) atoms. The molecule has 1 aliphatic rings. The van der Waals surface area contributed by atoms with Crippen LogP contribution in [-0.2, 0) is 4.79 Å². The maximum atomic E-state index is 12.5. The summed E-state index contributed by atoms with van der Waals surface area (Å²) in [6, 6.07) is 15.3. The Morgan fingerprint density at radius 2 is 1.61 bits per heavy atom. The molecule has 120 valence electrons. The molecule has 1 aliphatic heterocycles. The lowest BCUT2D eigenvalue weighted by molar-refractivity contribution is -0.128. The van der Waals surface area contributed by atoms with Crippen molar-refractivity contribution in [2.24, 2.45) is 0 Å². The maximum Gasteiger partial charge on any atom is 0.269 e. The van der Waals surface area contributed by atoms with E-state index in [1.54, 1.807) is 6.07 Å². The lowest BCUT2D eigenvalue weighted by Gasteiger charge is -2.31. The van der Waals surface area contributed by atoms with E-state index in [1.807, 2.05) is 49.4 Å². The molecule has 2 atom stereocenters. The van der Waals surface area contributed by atoms with Crippen LogP contribution in [0.25, 0.3) is 0 Å². The van der Waals surface area contributed by atoms with Gasteiger partial charge in [-0.25, -0.2) is 0 Å². The van der Waals surface area contributed by atoms with Crippen molar-refractivity contribution >= 4 is 11.6 Å². The van der Waals surface area contributed by atoms with Gasteiger partial charge in [0.15, 0.2) is 11.5 Å². The van der Waals surface area contributed by atoms with Gasteiger partial charge < -0.3 is 14.8 Å². The Kier molecular flexibility index (Phi) is 4.24. The summed E-state index contributed by atoms with van der Waals surface area (Å²) in [7, 11) is 0. The van der Waals surface area contributed by atoms with Crippen LogP contribution in [0.5, 0.6) is 11.5 Å². The van der Waals surface area contributed by atoms with Crippen LogP contribution in [0.4, 0.5) is 5.69 Å². The van der Waals surface area contributed by atoms with Crippen molar-refractivity contribution in [1.82, 2.24) is 0 Å². The molecular weight excluding hydrogens is 290 g/mol. The number of fused-ring (bicyclic) bond motifs is 1. The van der Waals surface area contributed by atoms with Crippen molar-refractivity contribution in [3.8, 4) is 11.5 Å². The van der Waals surface area contributed by atoms with Crippen LogP contribution < -0.4 is 14.8 Å². The Labute approximate surface area is 136 Å². The SMILES string of the molecule is CC(C)c1ccc(NC(=O)C2Oc3ccccc3OC2C)cc1. The molecule has 4 nitrogen and oxygen atoms in total. The smallest absolute Gasteiger partial charge is 0.269 e. The first-order valence-corrected chi connectivity index (χ1v) is 7.88. The van der Waals surface area contributed by atoms with E-state index >= 15 is 0 Å². The average molecular weight is 311 g/mol. The standard InChI is InChI=1S/C19H21NO3/c1-12(2)14-8-10-15(11-9-14)20-19(21)18-13(3)22-16-6-4-5-7-17(16)23-18/h4-13,18H,1-3H3,(H,20,21). The van der Waals surface area contributed by atoms with E-state index in [4.69, 9.17) is 9.47 Å². The maximum absolute atomic E-state index is 12.5. The van der Waals surface area contributed by atoms with Gasteiger partial charge in [0.1, 0.15) is 6.10 Å². The van der Waals surface area contributed by atoms with Gasteiger partial charge in [-0.1, -0.05) is 38.1 Å². The second-order valence-corrected chi connectivity index (χ2v) is 6.07. The van der Waals surface area contributed by atoms with Crippen LogP contribution in [-0.4, -0.2) is 18.1 Å². The summed E-state index contributed by atoms with van der Waals surface area (Å²) in [6.45, 7) is 6.11. The average Bonchev–Trinajstić information content (AvgIpc) is 2.54. The minimum absolute atomic E-state index is 0.204. The third-order valence-corrected chi connectivity index (χ3v) is 3.95. The van der Waals surface area contributed by atoms with E-state index in [-0.39, 0.29) is 12.0 Å². The predicted molar refractivity (Wildman–Crippen MR) is 90.1 cm³/mol. The van der Waals surface area contributed by atoms with Crippen molar-refractivity contribution in [1.29, 1.82) is 0 Å². The molecule has 0 aliphatic carbocycles. The van der Waals surface area contributed by atoms with Gasteiger partial charge in [-0.3, -0.25) is 4.79 Å². The van der Waals surface area contributed by atoms with E-state index in [0.717, 1.165) is 5.69 Å². The van der Waals surface area contributed by atoms with Gasteiger partial charge in [-0.2, -0.15) is 0 Å². The lowest BCUT2D eigenvalue weighted by Crippen LogP contribution is -2.46. The van der Waals surface area contributed by atoms with Gasteiger partial charge >= 0.3 is 0 Å². The molecular formula is C19H21NO3. The molecule has 0 spiro atoms. The molecule has 0 bridgehead atoms. The largest absolute Gasteiger partial charge is 0.482 e. The number of anilines is 1. The van der Waals surface area contributed by atoms with Gasteiger partial charge in [0, 0.05) is 5.69 Å². The molecule has 3 rings (SSSR count). The van der Waals surface area contributed by atoms with Gasteiger partial charge in [-0.15, -0.1) is 0 Å². The molecule has 0 radical (unpaired) electrons. The van der Waals surface area contributed by atoms with E-state index < -0.39 is 6.10 Å². The van der Waals surface area contributed by atoms with Crippen LogP contribution >= 0.6 is 0 Å². The fraction of sp³-hybridized carbons (Fsp3) is 0.316. The molecule has 2 unspecified atom stereocenters. The minimum atomic E-state index is -0.672. The van der Waals surface area contributed by atoms with Crippen molar-refractivity contribution in [2.75, 3.05) is 5.32 Å². The number of carbonyl (C=O) groups is 1. The first kappa shape index (κ1) is 15.4. The fourth-order valence-corrected chi connectivity index (χ4v) is 2.57. The molecule has 0 saturated carbocycles. The monoisotopic (exact) mass is 311 g/mol. The lowest BCUT2D eigenvalue weighted by atomic mass is 10.0. The zero-order valence-electron chi connectivity index (χ0n) is 13.6. The first-order chi connectivity index (χ1) is 11.0. The Bertz CT molecular complexity index is 694. The van der Waals surface area contributed by atoms with E-state index in [2.05, 4.69) is 19.2 Å². The number of carbonyl (C=O) groups excluding carboxylic acids is 1. The van der Waals surface area contributed by atoms with Gasteiger partial charge in [-0.05, 0) is 42.7 Å². The minimum Gasteiger partial charge on any atom is -0.482 e. The summed E-state index contributed by atoms with van der Waals surface area (Å²) < 4.78 is 11.6. The second-order valence-electron chi connectivity index (χ2n) is 6.07. The number of nitrogens with one attached hydrogen (secondary N) is 1. The van der Waals surface area contributed by atoms with E-state index in [0.29, 0.717) is 17.4 Å². The van der Waals surface area contributed by atoms with Gasteiger partial charge in [0.25, 0.3) is 5.91 Å². The molecule has 1 N–H and O–H groups in total. The Balaban J connectivity index is 1.71. The van der Waals surface area contributed by atoms with Crippen LogP contribution in [0.2, 0.25) is 0 Å². The molecule has 2 aromatic carbocycles. The quantitative estimate of drug-likeness (QED) is 0.933. The zero-order valence-corrected chi connectivity index (χ0v) is 13.6. The third-order valence-electron chi connectivity index (χ3n) is 3.95. The molecule has 0 saturated heterocycles. The Morgan fingerprint density at radius 3 is 2.22 bits per heavy atom. The predicted octanol–water partition coefficient (Wildman–Crippen LogP) is 3.98. The van der Waals surface area contributed by atoms with Crippen molar-refractivity contribution in [3.05, 3.63) is 54.1 Å². The van der Waals surface area contributed by atoms with Crippen molar-refractivity contribution in [3.63, 3.8) is 0 Å². The van der Waals surface area contributed by atoms with Crippen molar-refractivity contribution < 1.29 is 14.3 Å². The zero-order chi connectivity index (χ0) is 16.4. The van der Waals surface area contributed by atoms with Crippen molar-refractivity contribution in [2.45, 2.75) is 38.9 Å². The first-order valence-electron chi connectivity index (χ1n) is 7.88. The third kappa shape index (κ3) is 3.31. The highest BCUT2D eigenvalue weighted by molar-refractivity contribution is 5.95. The van der Waals surface area contributed by atoms with Gasteiger partial charge in [0.2, 0.25) is 6.10 Å². The molecule has 1 heterocycles. The summed E-state index contributed by atoms with van der Waals surface area (Å²) in [5, 5.41) is 2.90. The Morgan fingerprint density at radius 1 is 1.00 bits per heavy atom. The molecule has 0 fully saturated rings. The summed E-state index contributed by atoms with van der Waals surface area (Å²) >= 11 is 0. The molecule has 0 aromatic heterocycles. The number of ether oxygens (including phenoxy) is 2. The number of para-hydroxylation sites is 2. The summed E-state index contributed by atoms with van der Waals surface area (Å²) in [5.41, 5.74) is 2.00. The van der Waals surface area contributed by atoms with Crippen LogP contribution in [0.15, 0.2) is 48.5 Å². The van der Waals surface area contributed by atoms with Gasteiger partial charge in [0.05, 0.1) is 0 Å². The highest BCUT2D eigenvalue weighted by Gasteiger charge is 2.34. The summed E-state index contributed by atoms with van der Waals surface area (Å²) in [5.74, 6) is 1.53. The van der Waals surface area contributed by atoms with E-state index in [9.17, 15) is 4.79 Å². The summed E-state index contributed by atoms with van der Waals surface area (Å²) in [6.07, 6.45) is -1.02. The molecule has 2 aromatic rings. The number of rotatable bonds is 3. The van der Waals surface area contributed by atoms with Crippen LogP contribution in [0.1, 0.15) is 32.3 Å². The highest BCUT2D eigenvalue weighted by Crippen LogP contribution is 2.33. The molecule has 4 heteroatoms. The Hall–Kier alpha value is -2.49. The normalized spacial score (nSPS) is 19.5. The second kappa shape index (κ2) is 6.32. The highest BCUT2D eigenvalue weighted by atomic mass is 16.6.